The lowest BCUT2D eigenvalue weighted by Gasteiger charge is -2.15. The third kappa shape index (κ3) is 4.97. The Morgan fingerprint density at radius 2 is 2.00 bits per heavy atom. The van der Waals surface area contributed by atoms with Crippen molar-refractivity contribution < 1.29 is 18.7 Å². The number of rotatable bonds is 7. The van der Waals surface area contributed by atoms with Crippen LogP contribution >= 0.6 is 0 Å². The number of hydrogen-bond donors (Lipinski definition) is 1. The number of fused-ring (bicyclic) bond motifs is 1. The van der Waals surface area contributed by atoms with Crippen LogP contribution in [-0.4, -0.2) is 31.8 Å². The molecule has 2 heterocycles. The van der Waals surface area contributed by atoms with E-state index in [4.69, 9.17) is 13.9 Å². The van der Waals surface area contributed by atoms with Gasteiger partial charge in [0.25, 0.3) is 5.91 Å². The molecule has 1 N–H and O–H groups in total. The van der Waals surface area contributed by atoms with Crippen LogP contribution in [0.1, 0.15) is 35.1 Å². The van der Waals surface area contributed by atoms with Gasteiger partial charge >= 0.3 is 5.63 Å². The van der Waals surface area contributed by atoms with Gasteiger partial charge in [0, 0.05) is 25.1 Å². The lowest BCUT2D eigenvalue weighted by atomic mass is 9.98. The van der Waals surface area contributed by atoms with Crippen LogP contribution in [0.3, 0.4) is 0 Å². The summed E-state index contributed by atoms with van der Waals surface area (Å²) in [6.07, 6.45) is 2.55. The van der Waals surface area contributed by atoms with Crippen molar-refractivity contribution in [2.24, 2.45) is 0 Å². The Labute approximate surface area is 181 Å². The Kier molecular flexibility index (Phi) is 6.37. The first kappa shape index (κ1) is 21.1. The van der Waals surface area contributed by atoms with Crippen LogP contribution in [0.25, 0.3) is 11.0 Å². The predicted octanol–water partition coefficient (Wildman–Crippen LogP) is 3.67. The monoisotopic (exact) mass is 421 g/mol. The van der Waals surface area contributed by atoms with Crippen LogP contribution in [0, 0.1) is 13.8 Å². The molecular weight excluding hydrogens is 394 g/mol. The molecule has 1 aromatic heterocycles. The maximum Gasteiger partial charge on any atom is 0.340 e. The molecule has 0 saturated carbocycles. The zero-order valence-corrected chi connectivity index (χ0v) is 17.9. The van der Waals surface area contributed by atoms with Gasteiger partial charge in [0.1, 0.15) is 11.3 Å². The molecule has 6 heteroatoms. The first-order valence-corrected chi connectivity index (χ1v) is 10.6. The van der Waals surface area contributed by atoms with Gasteiger partial charge in [0.15, 0.2) is 6.61 Å². The van der Waals surface area contributed by atoms with Crippen molar-refractivity contribution in [1.82, 2.24) is 5.32 Å². The largest absolute Gasteiger partial charge is 0.483 e. The van der Waals surface area contributed by atoms with E-state index < -0.39 is 0 Å². The maximum atomic E-state index is 12.7. The minimum Gasteiger partial charge on any atom is -0.483 e. The Morgan fingerprint density at radius 1 is 1.19 bits per heavy atom. The van der Waals surface area contributed by atoms with E-state index in [0.717, 1.165) is 41.5 Å². The first-order valence-electron chi connectivity index (χ1n) is 10.6. The Morgan fingerprint density at radius 3 is 2.74 bits per heavy atom. The summed E-state index contributed by atoms with van der Waals surface area (Å²) in [6, 6.07) is 13.5. The molecule has 2 aromatic carbocycles. The molecule has 4 rings (SSSR count). The fourth-order valence-electron chi connectivity index (χ4n) is 3.98. The van der Waals surface area contributed by atoms with E-state index in [1.54, 1.807) is 0 Å². The van der Waals surface area contributed by atoms with Crippen LogP contribution in [0.2, 0.25) is 0 Å². The van der Waals surface area contributed by atoms with Crippen LogP contribution in [-0.2, 0) is 16.0 Å². The molecular formula is C25H27NO5. The summed E-state index contributed by atoms with van der Waals surface area (Å²) in [4.78, 5) is 25.0. The van der Waals surface area contributed by atoms with Crippen molar-refractivity contribution in [3.8, 4) is 5.75 Å². The number of hydrogen-bond acceptors (Lipinski definition) is 5. The summed E-state index contributed by atoms with van der Waals surface area (Å²) in [7, 11) is 0. The molecule has 1 aliphatic heterocycles. The topological polar surface area (TPSA) is 77.8 Å². The first-order chi connectivity index (χ1) is 15.0. The van der Waals surface area contributed by atoms with Gasteiger partial charge in [0.05, 0.1) is 11.5 Å². The van der Waals surface area contributed by atoms with Crippen molar-refractivity contribution in [1.29, 1.82) is 0 Å². The summed E-state index contributed by atoms with van der Waals surface area (Å²) >= 11 is 0. The number of carbonyl (C=O) groups is 1. The zero-order chi connectivity index (χ0) is 21.8. The van der Waals surface area contributed by atoms with Gasteiger partial charge in [-0.15, -0.1) is 0 Å². The third-order valence-electron chi connectivity index (χ3n) is 5.62. The second kappa shape index (κ2) is 9.35. The van der Waals surface area contributed by atoms with Gasteiger partial charge in [-0.25, -0.2) is 4.79 Å². The van der Waals surface area contributed by atoms with Gasteiger partial charge < -0.3 is 19.2 Å². The lowest BCUT2D eigenvalue weighted by Crippen LogP contribution is -2.35. The van der Waals surface area contributed by atoms with Gasteiger partial charge in [-0.2, -0.15) is 0 Å². The van der Waals surface area contributed by atoms with Crippen molar-refractivity contribution in [3.63, 3.8) is 0 Å². The number of aryl methyl sites for hydroxylation is 2. The number of nitrogens with one attached hydrogen (secondary N) is 1. The SMILES string of the molecule is Cc1cc(OCC(=O)NCC2CCCO2)c2c(C)c(Cc3ccccc3)c(=O)oc2c1. The van der Waals surface area contributed by atoms with Crippen LogP contribution in [0.5, 0.6) is 5.75 Å². The molecule has 0 aliphatic carbocycles. The Hall–Kier alpha value is -3.12. The van der Waals surface area contributed by atoms with E-state index in [2.05, 4.69) is 5.32 Å². The number of ether oxygens (including phenoxy) is 2. The van der Waals surface area contributed by atoms with Crippen LogP contribution in [0.15, 0.2) is 51.7 Å². The quantitative estimate of drug-likeness (QED) is 0.589. The van der Waals surface area contributed by atoms with Crippen molar-refractivity contribution >= 4 is 16.9 Å². The molecule has 6 nitrogen and oxygen atoms in total. The molecule has 1 atom stereocenters. The van der Waals surface area contributed by atoms with Gasteiger partial charge in [-0.05, 0) is 55.5 Å². The van der Waals surface area contributed by atoms with E-state index in [9.17, 15) is 9.59 Å². The van der Waals surface area contributed by atoms with Gasteiger partial charge in [-0.3, -0.25) is 4.79 Å². The highest BCUT2D eigenvalue weighted by Gasteiger charge is 2.19. The van der Waals surface area contributed by atoms with E-state index in [1.807, 2.05) is 56.3 Å². The number of benzene rings is 2. The maximum absolute atomic E-state index is 12.7. The summed E-state index contributed by atoms with van der Waals surface area (Å²) in [5.74, 6) is 0.336. The highest BCUT2D eigenvalue weighted by atomic mass is 16.5. The fourth-order valence-corrected chi connectivity index (χ4v) is 3.98. The standard InChI is InChI=1S/C25H27NO5/c1-16-11-21(30-15-23(27)26-14-19-9-6-10-29-19)24-17(2)20(25(28)31-22(24)12-16)13-18-7-4-3-5-8-18/h3-5,7-8,11-12,19H,6,9-10,13-15H2,1-2H3,(H,26,27). The molecule has 1 aliphatic rings. The average Bonchev–Trinajstić information content (AvgIpc) is 3.27. The molecule has 0 bridgehead atoms. The van der Waals surface area contributed by atoms with Crippen LogP contribution < -0.4 is 15.7 Å². The lowest BCUT2D eigenvalue weighted by molar-refractivity contribution is -0.123. The Bertz CT molecular complexity index is 1130. The highest BCUT2D eigenvalue weighted by Crippen LogP contribution is 2.31. The zero-order valence-electron chi connectivity index (χ0n) is 17.9. The number of amides is 1. The average molecular weight is 421 g/mol. The molecule has 1 unspecified atom stereocenters. The number of carbonyl (C=O) groups excluding carboxylic acids is 1. The van der Waals surface area contributed by atoms with E-state index in [0.29, 0.717) is 29.9 Å². The molecule has 3 aromatic rings. The molecule has 0 spiro atoms. The summed E-state index contributed by atoms with van der Waals surface area (Å²) in [5, 5.41) is 3.59. The van der Waals surface area contributed by atoms with Crippen LogP contribution in [0.4, 0.5) is 0 Å². The third-order valence-corrected chi connectivity index (χ3v) is 5.62. The molecule has 1 amide bonds. The smallest absolute Gasteiger partial charge is 0.340 e. The van der Waals surface area contributed by atoms with Crippen molar-refractivity contribution in [3.05, 3.63) is 75.1 Å². The second-order valence-electron chi connectivity index (χ2n) is 8.02. The van der Waals surface area contributed by atoms with E-state index in [1.165, 1.54) is 0 Å². The molecule has 1 fully saturated rings. The normalized spacial score (nSPS) is 15.9. The van der Waals surface area contributed by atoms with Gasteiger partial charge in [0.2, 0.25) is 0 Å². The molecule has 1 saturated heterocycles. The van der Waals surface area contributed by atoms with E-state index >= 15 is 0 Å². The summed E-state index contributed by atoms with van der Waals surface area (Å²) < 4.78 is 17.1. The minimum absolute atomic E-state index is 0.0841. The Balaban J connectivity index is 1.57. The fraction of sp³-hybridized carbons (Fsp3) is 0.360. The predicted molar refractivity (Wildman–Crippen MR) is 119 cm³/mol. The minimum atomic E-state index is -0.347. The highest BCUT2D eigenvalue weighted by molar-refractivity contribution is 5.89. The second-order valence-corrected chi connectivity index (χ2v) is 8.02. The van der Waals surface area contributed by atoms with Crippen molar-refractivity contribution in [2.45, 2.75) is 39.2 Å². The van der Waals surface area contributed by atoms with E-state index in [-0.39, 0.29) is 24.2 Å². The summed E-state index contributed by atoms with van der Waals surface area (Å²) in [6.45, 7) is 4.93. The molecule has 31 heavy (non-hydrogen) atoms. The van der Waals surface area contributed by atoms with Gasteiger partial charge in [-0.1, -0.05) is 30.3 Å². The summed E-state index contributed by atoms with van der Waals surface area (Å²) in [5.41, 5.74) is 3.44. The molecule has 162 valence electrons. The van der Waals surface area contributed by atoms with Crippen molar-refractivity contribution in [2.75, 3.05) is 19.8 Å². The molecule has 0 radical (unpaired) electrons.